The SMILES string of the molecule is CC1(Nc2nc3ccc(Br)cc3s2)CCCC1. The molecule has 1 aliphatic carbocycles. The molecule has 17 heavy (non-hydrogen) atoms. The normalized spacial score (nSPS) is 18.7. The van der Waals surface area contributed by atoms with Crippen LogP contribution in [-0.4, -0.2) is 10.5 Å². The lowest BCUT2D eigenvalue weighted by Gasteiger charge is -2.24. The van der Waals surface area contributed by atoms with Gasteiger partial charge in [-0.3, -0.25) is 0 Å². The Hall–Kier alpha value is -0.610. The Morgan fingerprint density at radius 3 is 2.88 bits per heavy atom. The predicted molar refractivity (Wildman–Crippen MR) is 77.8 cm³/mol. The van der Waals surface area contributed by atoms with Crippen molar-refractivity contribution in [2.75, 3.05) is 5.32 Å². The van der Waals surface area contributed by atoms with Crippen molar-refractivity contribution < 1.29 is 0 Å². The highest BCUT2D eigenvalue weighted by Gasteiger charge is 2.29. The van der Waals surface area contributed by atoms with Gasteiger partial charge in [-0.1, -0.05) is 40.1 Å². The first-order valence-corrected chi connectivity index (χ1v) is 7.60. The minimum atomic E-state index is 0.255. The van der Waals surface area contributed by atoms with Crippen molar-refractivity contribution in [1.29, 1.82) is 0 Å². The van der Waals surface area contributed by atoms with Crippen molar-refractivity contribution >= 4 is 42.6 Å². The van der Waals surface area contributed by atoms with E-state index in [1.807, 2.05) is 6.07 Å². The zero-order valence-electron chi connectivity index (χ0n) is 9.79. The van der Waals surface area contributed by atoms with Crippen molar-refractivity contribution in [3.05, 3.63) is 22.7 Å². The van der Waals surface area contributed by atoms with Crippen LogP contribution in [0.4, 0.5) is 5.13 Å². The smallest absolute Gasteiger partial charge is 0.184 e. The Morgan fingerprint density at radius 1 is 1.35 bits per heavy atom. The highest BCUT2D eigenvalue weighted by atomic mass is 79.9. The molecule has 4 heteroatoms. The molecule has 0 saturated heterocycles. The largest absolute Gasteiger partial charge is 0.356 e. The van der Waals surface area contributed by atoms with E-state index in [-0.39, 0.29) is 5.54 Å². The van der Waals surface area contributed by atoms with Crippen molar-refractivity contribution in [2.24, 2.45) is 0 Å². The van der Waals surface area contributed by atoms with Gasteiger partial charge in [0, 0.05) is 10.0 Å². The quantitative estimate of drug-likeness (QED) is 0.861. The molecule has 1 heterocycles. The Balaban J connectivity index is 1.90. The maximum Gasteiger partial charge on any atom is 0.184 e. The van der Waals surface area contributed by atoms with Crippen LogP contribution in [-0.2, 0) is 0 Å². The van der Waals surface area contributed by atoms with E-state index in [0.717, 1.165) is 15.1 Å². The molecular weight excluding hydrogens is 296 g/mol. The summed E-state index contributed by atoms with van der Waals surface area (Å²) in [6.45, 7) is 2.31. The Morgan fingerprint density at radius 2 is 2.12 bits per heavy atom. The summed E-state index contributed by atoms with van der Waals surface area (Å²) in [6.07, 6.45) is 5.18. The van der Waals surface area contributed by atoms with Crippen molar-refractivity contribution in [1.82, 2.24) is 4.98 Å². The Kier molecular flexibility index (Phi) is 2.87. The number of fused-ring (bicyclic) bond motifs is 1. The van der Waals surface area contributed by atoms with E-state index in [2.05, 4.69) is 45.3 Å². The van der Waals surface area contributed by atoms with Gasteiger partial charge >= 0.3 is 0 Å². The van der Waals surface area contributed by atoms with Gasteiger partial charge in [-0.05, 0) is 38.0 Å². The first kappa shape index (κ1) is 11.5. The lowest BCUT2D eigenvalue weighted by Crippen LogP contribution is -2.30. The molecule has 0 unspecified atom stereocenters. The number of hydrogen-bond acceptors (Lipinski definition) is 3. The van der Waals surface area contributed by atoms with Crippen LogP contribution in [0, 0.1) is 0 Å². The number of rotatable bonds is 2. The fourth-order valence-corrected chi connectivity index (χ4v) is 4.06. The second kappa shape index (κ2) is 4.25. The molecule has 3 rings (SSSR count). The van der Waals surface area contributed by atoms with Gasteiger partial charge in [0.15, 0.2) is 5.13 Å². The summed E-state index contributed by atoms with van der Waals surface area (Å²) in [5, 5.41) is 4.68. The number of aromatic nitrogens is 1. The van der Waals surface area contributed by atoms with Crippen LogP contribution in [0.15, 0.2) is 22.7 Å². The second-order valence-corrected chi connectivity index (χ2v) is 6.97. The minimum absolute atomic E-state index is 0.255. The standard InChI is InChI=1S/C13H15BrN2S/c1-13(6-2-3-7-13)16-12-15-10-5-4-9(14)8-11(10)17-12/h4-5,8H,2-3,6-7H2,1H3,(H,15,16). The molecule has 0 radical (unpaired) electrons. The first-order chi connectivity index (χ1) is 8.15. The van der Waals surface area contributed by atoms with E-state index in [1.165, 1.54) is 30.4 Å². The average molecular weight is 311 g/mol. The molecule has 1 saturated carbocycles. The number of nitrogens with one attached hydrogen (secondary N) is 1. The van der Waals surface area contributed by atoms with E-state index in [9.17, 15) is 0 Å². The summed E-state index contributed by atoms with van der Waals surface area (Å²) in [5.74, 6) is 0. The summed E-state index contributed by atoms with van der Waals surface area (Å²) < 4.78 is 2.36. The molecule has 0 atom stereocenters. The Labute approximate surface area is 114 Å². The zero-order valence-corrected chi connectivity index (χ0v) is 12.2. The molecule has 0 aliphatic heterocycles. The van der Waals surface area contributed by atoms with Gasteiger partial charge in [0.1, 0.15) is 0 Å². The molecule has 90 valence electrons. The number of hydrogen-bond donors (Lipinski definition) is 1. The first-order valence-electron chi connectivity index (χ1n) is 5.99. The van der Waals surface area contributed by atoms with Gasteiger partial charge in [-0.25, -0.2) is 4.98 Å². The average Bonchev–Trinajstić information content (AvgIpc) is 2.84. The molecule has 0 amide bonds. The molecule has 1 N–H and O–H groups in total. The zero-order chi connectivity index (χ0) is 11.9. The number of anilines is 1. The Bertz CT molecular complexity index is 543. The topological polar surface area (TPSA) is 24.9 Å². The van der Waals surface area contributed by atoms with E-state index in [1.54, 1.807) is 11.3 Å². The third-order valence-electron chi connectivity index (χ3n) is 3.47. The van der Waals surface area contributed by atoms with E-state index in [0.29, 0.717) is 0 Å². The van der Waals surface area contributed by atoms with Crippen LogP contribution in [0.2, 0.25) is 0 Å². The molecule has 1 aliphatic rings. The number of thiazole rings is 1. The van der Waals surface area contributed by atoms with E-state index < -0.39 is 0 Å². The van der Waals surface area contributed by atoms with Crippen molar-refractivity contribution in [3.63, 3.8) is 0 Å². The summed E-state index contributed by atoms with van der Waals surface area (Å²) in [6, 6.07) is 6.25. The maximum atomic E-state index is 4.65. The molecule has 1 aromatic carbocycles. The fourth-order valence-electron chi connectivity index (χ4n) is 2.49. The predicted octanol–water partition coefficient (Wildman–Crippen LogP) is 4.80. The van der Waals surface area contributed by atoms with Crippen LogP contribution < -0.4 is 5.32 Å². The molecule has 1 fully saturated rings. The number of benzene rings is 1. The molecule has 2 aromatic rings. The monoisotopic (exact) mass is 310 g/mol. The molecule has 0 spiro atoms. The third-order valence-corrected chi connectivity index (χ3v) is 4.89. The van der Waals surface area contributed by atoms with Gasteiger partial charge in [0.2, 0.25) is 0 Å². The van der Waals surface area contributed by atoms with E-state index >= 15 is 0 Å². The third kappa shape index (κ3) is 2.33. The van der Waals surface area contributed by atoms with Crippen molar-refractivity contribution in [3.8, 4) is 0 Å². The van der Waals surface area contributed by atoms with Crippen LogP contribution in [0.3, 0.4) is 0 Å². The fraction of sp³-hybridized carbons (Fsp3) is 0.462. The van der Waals surface area contributed by atoms with E-state index in [4.69, 9.17) is 0 Å². The van der Waals surface area contributed by atoms with Gasteiger partial charge in [0.25, 0.3) is 0 Å². The summed E-state index contributed by atoms with van der Waals surface area (Å²) in [5.41, 5.74) is 1.34. The number of halogens is 1. The van der Waals surface area contributed by atoms with Gasteiger partial charge in [-0.2, -0.15) is 0 Å². The van der Waals surface area contributed by atoms with Gasteiger partial charge in [0.05, 0.1) is 10.2 Å². The van der Waals surface area contributed by atoms with Crippen LogP contribution >= 0.6 is 27.3 Å². The van der Waals surface area contributed by atoms with Crippen LogP contribution in [0.5, 0.6) is 0 Å². The molecule has 1 aromatic heterocycles. The second-order valence-electron chi connectivity index (χ2n) is 5.02. The van der Waals surface area contributed by atoms with Crippen LogP contribution in [0.1, 0.15) is 32.6 Å². The molecule has 2 nitrogen and oxygen atoms in total. The van der Waals surface area contributed by atoms with Crippen LogP contribution in [0.25, 0.3) is 10.2 Å². The molecular formula is C13H15BrN2S. The van der Waals surface area contributed by atoms with Gasteiger partial charge in [-0.15, -0.1) is 0 Å². The van der Waals surface area contributed by atoms with Crippen molar-refractivity contribution in [2.45, 2.75) is 38.1 Å². The highest BCUT2D eigenvalue weighted by molar-refractivity contribution is 9.10. The molecule has 0 bridgehead atoms. The summed E-state index contributed by atoms with van der Waals surface area (Å²) in [4.78, 5) is 4.65. The summed E-state index contributed by atoms with van der Waals surface area (Å²) in [7, 11) is 0. The number of nitrogens with zero attached hydrogens (tertiary/aromatic N) is 1. The maximum absolute atomic E-state index is 4.65. The lowest BCUT2D eigenvalue weighted by atomic mass is 10.0. The minimum Gasteiger partial charge on any atom is -0.356 e. The van der Waals surface area contributed by atoms with Gasteiger partial charge < -0.3 is 5.32 Å². The summed E-state index contributed by atoms with van der Waals surface area (Å²) >= 11 is 5.24. The highest BCUT2D eigenvalue weighted by Crippen LogP contribution is 2.35. The lowest BCUT2D eigenvalue weighted by molar-refractivity contribution is 0.533.